The van der Waals surface area contributed by atoms with Gasteiger partial charge in [0.15, 0.2) is 0 Å². The van der Waals surface area contributed by atoms with Crippen molar-refractivity contribution in [3.8, 4) is 0 Å². The third-order valence-corrected chi connectivity index (χ3v) is 1.21. The lowest BCUT2D eigenvalue weighted by Crippen LogP contribution is -1.87. The first-order chi connectivity index (χ1) is 4.79. The monoisotopic (exact) mass is 133 g/mol. The number of aromatic nitrogens is 1. The summed E-state index contributed by atoms with van der Waals surface area (Å²) in [5.41, 5.74) is 2.24. The summed E-state index contributed by atoms with van der Waals surface area (Å²) >= 11 is 0. The summed E-state index contributed by atoms with van der Waals surface area (Å²) < 4.78 is 0. The van der Waals surface area contributed by atoms with E-state index in [1.807, 2.05) is 25.1 Å². The van der Waals surface area contributed by atoms with Crippen molar-refractivity contribution in [3.05, 3.63) is 42.2 Å². The standard InChI is InChI=1S/C9H11N/c1-8(2)7-9-5-3-4-6-10-9/h3-6H,1,7H2,2H3. The maximum Gasteiger partial charge on any atom is 0.0443 e. The van der Waals surface area contributed by atoms with Crippen molar-refractivity contribution in [2.45, 2.75) is 13.3 Å². The highest BCUT2D eigenvalue weighted by molar-refractivity contribution is 5.10. The van der Waals surface area contributed by atoms with E-state index in [-0.39, 0.29) is 0 Å². The third-order valence-electron chi connectivity index (χ3n) is 1.21. The van der Waals surface area contributed by atoms with Crippen molar-refractivity contribution in [2.75, 3.05) is 0 Å². The van der Waals surface area contributed by atoms with Crippen LogP contribution in [0.4, 0.5) is 0 Å². The summed E-state index contributed by atoms with van der Waals surface area (Å²) in [4.78, 5) is 4.16. The molecule has 0 saturated heterocycles. The molecule has 10 heavy (non-hydrogen) atoms. The van der Waals surface area contributed by atoms with Gasteiger partial charge in [0.1, 0.15) is 0 Å². The van der Waals surface area contributed by atoms with Gasteiger partial charge >= 0.3 is 0 Å². The molecular formula is C9H11N. The van der Waals surface area contributed by atoms with Gasteiger partial charge in [0.05, 0.1) is 0 Å². The molecule has 0 unspecified atom stereocenters. The number of hydrogen-bond donors (Lipinski definition) is 0. The fraction of sp³-hybridized carbons (Fsp3) is 0.222. The molecule has 0 radical (unpaired) electrons. The van der Waals surface area contributed by atoms with Crippen LogP contribution in [0.25, 0.3) is 0 Å². The predicted octanol–water partition coefficient (Wildman–Crippen LogP) is 2.20. The molecule has 0 fully saturated rings. The molecule has 0 spiro atoms. The molecule has 52 valence electrons. The summed E-state index contributed by atoms with van der Waals surface area (Å²) in [7, 11) is 0. The fourth-order valence-electron chi connectivity index (χ4n) is 0.812. The molecule has 0 atom stereocenters. The van der Waals surface area contributed by atoms with Gasteiger partial charge in [-0.15, -0.1) is 0 Å². The second kappa shape index (κ2) is 3.16. The Kier molecular flexibility index (Phi) is 2.21. The van der Waals surface area contributed by atoms with Crippen LogP contribution in [-0.4, -0.2) is 4.98 Å². The Morgan fingerprint density at radius 3 is 2.90 bits per heavy atom. The van der Waals surface area contributed by atoms with Crippen molar-refractivity contribution in [1.29, 1.82) is 0 Å². The molecule has 0 aliphatic rings. The molecule has 0 N–H and O–H groups in total. The van der Waals surface area contributed by atoms with Gasteiger partial charge < -0.3 is 0 Å². The van der Waals surface area contributed by atoms with Gasteiger partial charge in [-0.05, 0) is 19.1 Å². The van der Waals surface area contributed by atoms with E-state index >= 15 is 0 Å². The largest absolute Gasteiger partial charge is 0.261 e. The second-order valence-electron chi connectivity index (χ2n) is 2.45. The van der Waals surface area contributed by atoms with Gasteiger partial charge in [0, 0.05) is 18.3 Å². The van der Waals surface area contributed by atoms with Crippen LogP contribution in [0.5, 0.6) is 0 Å². The van der Waals surface area contributed by atoms with Gasteiger partial charge in [-0.2, -0.15) is 0 Å². The first kappa shape index (κ1) is 7.00. The number of nitrogens with zero attached hydrogens (tertiary/aromatic N) is 1. The Morgan fingerprint density at radius 2 is 2.40 bits per heavy atom. The highest BCUT2D eigenvalue weighted by atomic mass is 14.7. The van der Waals surface area contributed by atoms with E-state index in [9.17, 15) is 0 Å². The Morgan fingerprint density at radius 1 is 1.60 bits per heavy atom. The maximum absolute atomic E-state index is 4.16. The molecule has 0 amide bonds. The zero-order valence-corrected chi connectivity index (χ0v) is 6.17. The summed E-state index contributed by atoms with van der Waals surface area (Å²) in [5, 5.41) is 0. The van der Waals surface area contributed by atoms with Gasteiger partial charge in [0.2, 0.25) is 0 Å². The minimum atomic E-state index is 0.890. The number of hydrogen-bond acceptors (Lipinski definition) is 1. The molecular weight excluding hydrogens is 122 g/mol. The first-order valence-electron chi connectivity index (χ1n) is 3.33. The SMILES string of the molecule is C=C(C)Cc1ccccn1. The van der Waals surface area contributed by atoms with Crippen molar-refractivity contribution in [1.82, 2.24) is 4.98 Å². The van der Waals surface area contributed by atoms with Crippen molar-refractivity contribution >= 4 is 0 Å². The highest BCUT2D eigenvalue weighted by Gasteiger charge is 1.90. The van der Waals surface area contributed by atoms with Crippen LogP contribution >= 0.6 is 0 Å². The molecule has 0 aromatic carbocycles. The topological polar surface area (TPSA) is 12.9 Å². The van der Waals surface area contributed by atoms with Gasteiger partial charge in [0.25, 0.3) is 0 Å². The number of allylic oxidation sites excluding steroid dienone is 1. The second-order valence-corrected chi connectivity index (χ2v) is 2.45. The average molecular weight is 133 g/mol. The van der Waals surface area contributed by atoms with Gasteiger partial charge in [-0.1, -0.05) is 18.2 Å². The van der Waals surface area contributed by atoms with Crippen LogP contribution < -0.4 is 0 Å². The van der Waals surface area contributed by atoms with E-state index in [0.717, 1.165) is 17.7 Å². The lowest BCUT2D eigenvalue weighted by atomic mass is 10.2. The zero-order valence-electron chi connectivity index (χ0n) is 6.17. The number of pyridine rings is 1. The maximum atomic E-state index is 4.16. The molecule has 1 heterocycles. The average Bonchev–Trinajstić information content (AvgIpc) is 1.88. The Balaban J connectivity index is 2.67. The summed E-state index contributed by atoms with van der Waals surface area (Å²) in [6.07, 6.45) is 2.69. The van der Waals surface area contributed by atoms with Crippen LogP contribution in [0, 0.1) is 0 Å². The molecule has 1 aromatic heterocycles. The van der Waals surface area contributed by atoms with Crippen molar-refractivity contribution in [2.24, 2.45) is 0 Å². The fourth-order valence-corrected chi connectivity index (χ4v) is 0.812. The van der Waals surface area contributed by atoms with Gasteiger partial charge in [-0.25, -0.2) is 0 Å². The van der Waals surface area contributed by atoms with E-state index in [1.54, 1.807) is 6.20 Å². The summed E-state index contributed by atoms with van der Waals surface area (Å²) in [6.45, 7) is 5.82. The molecule has 1 nitrogen and oxygen atoms in total. The minimum absolute atomic E-state index is 0.890. The third kappa shape index (κ3) is 2.02. The van der Waals surface area contributed by atoms with E-state index < -0.39 is 0 Å². The lowest BCUT2D eigenvalue weighted by molar-refractivity contribution is 1.05. The lowest BCUT2D eigenvalue weighted by Gasteiger charge is -1.96. The van der Waals surface area contributed by atoms with Crippen LogP contribution in [0.1, 0.15) is 12.6 Å². The molecule has 0 aliphatic carbocycles. The van der Waals surface area contributed by atoms with Crippen molar-refractivity contribution in [3.63, 3.8) is 0 Å². The zero-order chi connectivity index (χ0) is 7.40. The first-order valence-corrected chi connectivity index (χ1v) is 3.33. The Hall–Kier alpha value is -1.11. The number of rotatable bonds is 2. The molecule has 0 bridgehead atoms. The highest BCUT2D eigenvalue weighted by Crippen LogP contribution is 2.00. The minimum Gasteiger partial charge on any atom is -0.261 e. The van der Waals surface area contributed by atoms with E-state index in [0.29, 0.717) is 0 Å². The molecule has 1 heteroatoms. The molecule has 1 rings (SSSR count). The van der Waals surface area contributed by atoms with Crippen molar-refractivity contribution < 1.29 is 0 Å². The van der Waals surface area contributed by atoms with Crippen LogP contribution in [0.15, 0.2) is 36.5 Å². The smallest absolute Gasteiger partial charge is 0.0443 e. The normalized spacial score (nSPS) is 9.30. The van der Waals surface area contributed by atoms with E-state index in [4.69, 9.17) is 0 Å². The molecule has 0 aliphatic heterocycles. The van der Waals surface area contributed by atoms with E-state index in [2.05, 4.69) is 11.6 Å². The quantitative estimate of drug-likeness (QED) is 0.563. The molecule has 0 saturated carbocycles. The van der Waals surface area contributed by atoms with Crippen LogP contribution in [0.3, 0.4) is 0 Å². The van der Waals surface area contributed by atoms with Crippen LogP contribution in [-0.2, 0) is 6.42 Å². The Bertz CT molecular complexity index is 213. The predicted molar refractivity (Wildman–Crippen MR) is 42.8 cm³/mol. The Labute approximate surface area is 61.4 Å². The van der Waals surface area contributed by atoms with Gasteiger partial charge in [-0.3, -0.25) is 4.98 Å². The molecule has 1 aromatic rings. The van der Waals surface area contributed by atoms with E-state index in [1.165, 1.54) is 0 Å². The summed E-state index contributed by atoms with van der Waals surface area (Å²) in [5.74, 6) is 0. The van der Waals surface area contributed by atoms with Crippen LogP contribution in [0.2, 0.25) is 0 Å². The summed E-state index contributed by atoms with van der Waals surface area (Å²) in [6, 6.07) is 5.92.